The molecule has 4 aromatic carbocycles. The lowest BCUT2D eigenvalue weighted by Crippen LogP contribution is -2.44. The molecule has 14 nitrogen and oxygen atoms in total. The molecule has 1 fully saturated rings. The summed E-state index contributed by atoms with van der Waals surface area (Å²) >= 11 is 5.50. The van der Waals surface area contributed by atoms with Crippen LogP contribution >= 0.6 is 12.2 Å². The zero-order valence-electron chi connectivity index (χ0n) is 36.2. The number of ether oxygens (including phenoxy) is 6. The molecule has 0 bridgehead atoms. The fourth-order valence-corrected chi connectivity index (χ4v) is 6.97. The van der Waals surface area contributed by atoms with Crippen LogP contribution in [0.3, 0.4) is 0 Å². The van der Waals surface area contributed by atoms with Gasteiger partial charge < -0.3 is 49.1 Å². The van der Waals surface area contributed by atoms with Crippen molar-refractivity contribution in [2.45, 2.75) is 38.3 Å². The molecule has 0 aromatic heterocycles. The molecule has 1 saturated heterocycles. The molecular weight excluding hydrogens is 894 g/mol. The fraction of sp³-hybridized carbons (Fsp3) is 0.391. The van der Waals surface area contributed by atoms with Crippen molar-refractivity contribution in [1.82, 2.24) is 10.6 Å². The lowest BCUT2D eigenvalue weighted by Gasteiger charge is -2.29. The van der Waals surface area contributed by atoms with Crippen LogP contribution in [0, 0.1) is 23.0 Å². The zero-order valence-corrected chi connectivity index (χ0v) is 37.0. The van der Waals surface area contributed by atoms with E-state index in [9.17, 15) is 32.3 Å². The molecule has 0 unspecified atom stereocenters. The van der Waals surface area contributed by atoms with E-state index in [1.54, 1.807) is 36.4 Å². The number of aliphatic hydroxyl groups is 1. The van der Waals surface area contributed by atoms with Crippen molar-refractivity contribution in [2.24, 2.45) is 0 Å². The Morgan fingerprint density at radius 1 is 0.818 bits per heavy atom. The van der Waals surface area contributed by atoms with Gasteiger partial charge in [-0.15, -0.1) is 0 Å². The van der Waals surface area contributed by atoms with Gasteiger partial charge in [0, 0.05) is 31.4 Å². The van der Waals surface area contributed by atoms with Crippen LogP contribution in [0.1, 0.15) is 40.9 Å². The summed E-state index contributed by atoms with van der Waals surface area (Å²) in [5.41, 5.74) is -2.88. The van der Waals surface area contributed by atoms with Crippen LogP contribution in [0.15, 0.2) is 84.9 Å². The van der Waals surface area contributed by atoms with Crippen LogP contribution in [0.4, 0.5) is 33.3 Å². The summed E-state index contributed by atoms with van der Waals surface area (Å²) in [6.45, 7) is 6.65. The highest BCUT2D eigenvalue weighted by molar-refractivity contribution is 7.81. The second-order valence-electron chi connectivity index (χ2n) is 15.1. The first-order valence-corrected chi connectivity index (χ1v) is 21.2. The summed E-state index contributed by atoms with van der Waals surface area (Å²) in [5, 5.41) is 24.9. The molecule has 0 spiro atoms. The Kier molecular flexibility index (Phi) is 19.1. The van der Waals surface area contributed by atoms with Crippen molar-refractivity contribution >= 4 is 40.5 Å². The summed E-state index contributed by atoms with van der Waals surface area (Å²) in [7, 11) is 0. The third kappa shape index (κ3) is 14.6. The Morgan fingerprint density at radius 2 is 1.42 bits per heavy atom. The summed E-state index contributed by atoms with van der Waals surface area (Å²) in [5.74, 6) is -1.50. The monoisotopic (exact) mass is 943 g/mol. The first kappa shape index (κ1) is 51.2. The van der Waals surface area contributed by atoms with Gasteiger partial charge in [-0.3, -0.25) is 14.5 Å². The molecule has 354 valence electrons. The number of nitrogens with zero attached hydrogens (tertiary/aromatic N) is 3. The Hall–Kier alpha value is -5.79. The lowest BCUT2D eigenvalue weighted by atomic mass is 10.0. The van der Waals surface area contributed by atoms with Gasteiger partial charge in [0.05, 0.1) is 81.3 Å². The van der Waals surface area contributed by atoms with E-state index in [1.807, 2.05) is 0 Å². The first-order chi connectivity index (χ1) is 31.6. The van der Waals surface area contributed by atoms with Gasteiger partial charge in [-0.2, -0.15) is 18.4 Å². The second kappa shape index (κ2) is 24.7. The number of thiocarbonyl (C=S) groups is 1. The average molecular weight is 944 g/mol. The molecule has 66 heavy (non-hydrogen) atoms. The highest BCUT2D eigenvalue weighted by Gasteiger charge is 2.51. The number of halogens is 5. The quantitative estimate of drug-likeness (QED) is 0.0372. The number of amides is 2. The van der Waals surface area contributed by atoms with Gasteiger partial charge in [0.25, 0.3) is 11.8 Å². The van der Waals surface area contributed by atoms with Crippen molar-refractivity contribution in [3.8, 4) is 17.6 Å². The Labute approximate surface area is 384 Å². The molecule has 0 aliphatic carbocycles. The first-order valence-electron chi connectivity index (χ1n) is 20.8. The van der Waals surface area contributed by atoms with Crippen molar-refractivity contribution in [3.63, 3.8) is 0 Å². The maximum absolute atomic E-state index is 15.3. The molecule has 1 aliphatic heterocycles. The molecule has 0 saturated carbocycles. The van der Waals surface area contributed by atoms with E-state index >= 15 is 4.39 Å². The summed E-state index contributed by atoms with van der Waals surface area (Å²) in [4.78, 5) is 28.4. The Morgan fingerprint density at radius 3 is 2.05 bits per heavy atom. The summed E-state index contributed by atoms with van der Waals surface area (Å²) < 4.78 is 103. The van der Waals surface area contributed by atoms with Crippen LogP contribution in [-0.4, -0.2) is 113 Å². The highest BCUT2D eigenvalue weighted by atomic mass is 32.1. The van der Waals surface area contributed by atoms with E-state index in [4.69, 9.17) is 45.9 Å². The van der Waals surface area contributed by atoms with Crippen LogP contribution in [0.25, 0.3) is 0 Å². The molecule has 5 rings (SSSR count). The largest absolute Gasteiger partial charge is 0.491 e. The molecule has 3 N–H and O–H groups in total. The number of carbonyl (C=O) groups excluding carboxylic acids is 2. The number of aliphatic hydroxyl groups excluding tert-OH is 1. The molecule has 20 heteroatoms. The maximum Gasteiger partial charge on any atom is 0.417 e. The Balaban J connectivity index is 0.869. The van der Waals surface area contributed by atoms with Crippen LogP contribution in [0.2, 0.25) is 0 Å². The fourth-order valence-electron chi connectivity index (χ4n) is 6.45. The highest BCUT2D eigenvalue weighted by Crippen LogP contribution is 2.40. The minimum Gasteiger partial charge on any atom is -0.491 e. The number of alkyl halides is 3. The average Bonchev–Trinajstić information content (AvgIpc) is 3.47. The van der Waals surface area contributed by atoms with E-state index in [2.05, 4.69) is 10.6 Å². The number of hydrogen-bond acceptors (Lipinski definition) is 12. The standard InChI is InChI=1S/C46H50F5N5O9S/c1-45(2)43(59)55(34-11-8-32(27-52)40(24-34)46(49,50)51)44(66)56(45)35-12-13-39(41(48)25-35)42(58)54-15-17-61-19-21-63-23-22-62-20-18-60-16-14-53-28-36(57)30-65-38-5-3-4-37(26-38)64-29-31-6-9-33(47)10-7-31/h3-13,24-26,36,53,57H,14-23,28-30H2,1-2H3,(H,54,58)/t36-/m1/s1. The van der Waals surface area contributed by atoms with Crippen molar-refractivity contribution in [1.29, 1.82) is 5.26 Å². The number of anilines is 2. The van der Waals surface area contributed by atoms with E-state index in [-0.39, 0.29) is 67.4 Å². The van der Waals surface area contributed by atoms with E-state index in [0.29, 0.717) is 63.7 Å². The van der Waals surface area contributed by atoms with Gasteiger partial charge in [0.1, 0.15) is 48.0 Å². The van der Waals surface area contributed by atoms with Crippen LogP contribution in [0.5, 0.6) is 11.5 Å². The number of rotatable bonds is 26. The van der Waals surface area contributed by atoms with Gasteiger partial charge in [-0.1, -0.05) is 18.2 Å². The molecule has 2 amide bonds. The minimum atomic E-state index is -4.87. The van der Waals surface area contributed by atoms with Gasteiger partial charge in [-0.05, 0) is 92.3 Å². The molecular formula is C46H50F5N5O9S. The summed E-state index contributed by atoms with van der Waals surface area (Å²) in [6, 6.07) is 21.0. The number of carbonyl (C=O) groups is 2. The predicted molar refractivity (Wildman–Crippen MR) is 236 cm³/mol. The van der Waals surface area contributed by atoms with Crippen molar-refractivity contribution in [2.75, 3.05) is 88.9 Å². The van der Waals surface area contributed by atoms with E-state index in [1.165, 1.54) is 55.1 Å². The topological polar surface area (TPSA) is 164 Å². The minimum absolute atomic E-state index is 0.0683. The number of hydrogen-bond donors (Lipinski definition) is 3. The third-order valence-electron chi connectivity index (χ3n) is 9.83. The molecule has 1 heterocycles. The van der Waals surface area contributed by atoms with Gasteiger partial charge >= 0.3 is 6.18 Å². The SMILES string of the molecule is CC1(C)C(=O)N(c2ccc(C#N)c(C(F)(F)F)c2)C(=S)N1c1ccc(C(=O)NCCOCCOCCOCCOCCNC[C@@H](O)COc2cccc(OCc3ccc(F)cc3)c2)c(F)c1. The smallest absolute Gasteiger partial charge is 0.417 e. The zero-order chi connectivity index (χ0) is 47.7. The van der Waals surface area contributed by atoms with Crippen molar-refractivity contribution < 1.29 is 65.1 Å². The van der Waals surface area contributed by atoms with Gasteiger partial charge in [0.15, 0.2) is 5.11 Å². The second-order valence-corrected chi connectivity index (χ2v) is 15.5. The number of nitriles is 1. The molecule has 0 radical (unpaired) electrons. The molecule has 1 atom stereocenters. The maximum atomic E-state index is 15.3. The van der Waals surface area contributed by atoms with Crippen LogP contribution < -0.4 is 29.9 Å². The van der Waals surface area contributed by atoms with Crippen molar-refractivity contribution in [3.05, 3.63) is 119 Å². The lowest BCUT2D eigenvalue weighted by molar-refractivity contribution is -0.137. The predicted octanol–water partition coefficient (Wildman–Crippen LogP) is 6.18. The van der Waals surface area contributed by atoms with E-state index < -0.39 is 46.6 Å². The van der Waals surface area contributed by atoms with Gasteiger partial charge in [-0.25, -0.2) is 8.78 Å². The van der Waals surface area contributed by atoms with Gasteiger partial charge in [0.2, 0.25) is 0 Å². The normalized spacial score (nSPS) is 14.0. The molecule has 1 aliphatic rings. The van der Waals surface area contributed by atoms with Crippen LogP contribution in [-0.2, 0) is 36.5 Å². The Bertz CT molecular complexity index is 2300. The molecule has 4 aromatic rings. The number of benzene rings is 4. The number of nitrogens with one attached hydrogen (secondary N) is 2. The summed E-state index contributed by atoms with van der Waals surface area (Å²) in [6.07, 6.45) is -5.61. The van der Waals surface area contributed by atoms with E-state index in [0.717, 1.165) is 22.6 Å². The third-order valence-corrected chi connectivity index (χ3v) is 10.2.